The van der Waals surface area contributed by atoms with Crippen LogP contribution in [-0.2, 0) is 0 Å². The lowest BCUT2D eigenvalue weighted by Crippen LogP contribution is -1.91. The molecule has 0 N–H and O–H groups in total. The van der Waals surface area contributed by atoms with Crippen molar-refractivity contribution in [3.05, 3.63) is 48.2 Å². The lowest BCUT2D eigenvalue weighted by molar-refractivity contribution is 0.396. The standard InChI is InChI=1S/C16H12F2O4/c1-19-10-6-13(20-2)16-14(7-10)21-8-15(16)22-12-4-3-9(17)5-11(12)18/h3-8H,1-2H3. The molecule has 2 aromatic carbocycles. The van der Waals surface area contributed by atoms with Crippen LogP contribution in [0.3, 0.4) is 0 Å². The average molecular weight is 306 g/mol. The van der Waals surface area contributed by atoms with Gasteiger partial charge in [0.05, 0.1) is 14.2 Å². The second-order valence-electron chi connectivity index (χ2n) is 4.48. The molecule has 0 bridgehead atoms. The van der Waals surface area contributed by atoms with Crippen molar-refractivity contribution in [1.29, 1.82) is 0 Å². The van der Waals surface area contributed by atoms with Crippen molar-refractivity contribution in [2.24, 2.45) is 0 Å². The third-order valence-electron chi connectivity index (χ3n) is 3.15. The van der Waals surface area contributed by atoms with Crippen LogP contribution in [-0.4, -0.2) is 14.2 Å². The Morgan fingerprint density at radius 2 is 1.73 bits per heavy atom. The molecule has 0 unspecified atom stereocenters. The molecule has 0 saturated carbocycles. The Labute approximate surface area is 124 Å². The molecule has 0 atom stereocenters. The number of halogens is 2. The number of hydrogen-bond donors (Lipinski definition) is 0. The van der Waals surface area contributed by atoms with Gasteiger partial charge in [-0.15, -0.1) is 0 Å². The van der Waals surface area contributed by atoms with Crippen LogP contribution in [0.15, 0.2) is 41.0 Å². The van der Waals surface area contributed by atoms with Crippen LogP contribution in [0.25, 0.3) is 11.0 Å². The maximum Gasteiger partial charge on any atom is 0.177 e. The van der Waals surface area contributed by atoms with E-state index >= 15 is 0 Å². The zero-order valence-electron chi connectivity index (χ0n) is 11.9. The van der Waals surface area contributed by atoms with Gasteiger partial charge in [0.1, 0.15) is 34.5 Å². The van der Waals surface area contributed by atoms with Crippen LogP contribution in [0.2, 0.25) is 0 Å². The minimum atomic E-state index is -0.804. The molecule has 1 heterocycles. The summed E-state index contributed by atoms with van der Waals surface area (Å²) in [5.41, 5.74) is 0.466. The molecular weight excluding hydrogens is 294 g/mol. The minimum absolute atomic E-state index is 0.109. The van der Waals surface area contributed by atoms with E-state index in [1.54, 1.807) is 12.1 Å². The molecule has 4 nitrogen and oxygen atoms in total. The number of methoxy groups -OCH3 is 2. The summed E-state index contributed by atoms with van der Waals surface area (Å²) in [6, 6.07) is 6.38. The van der Waals surface area contributed by atoms with Gasteiger partial charge in [0.2, 0.25) is 0 Å². The van der Waals surface area contributed by atoms with Crippen LogP contribution in [0, 0.1) is 11.6 Å². The number of fused-ring (bicyclic) bond motifs is 1. The van der Waals surface area contributed by atoms with E-state index < -0.39 is 11.6 Å². The maximum absolute atomic E-state index is 13.7. The molecule has 0 fully saturated rings. The molecule has 0 saturated heterocycles. The number of benzene rings is 2. The van der Waals surface area contributed by atoms with Crippen LogP contribution >= 0.6 is 0 Å². The van der Waals surface area contributed by atoms with Gasteiger partial charge in [-0.25, -0.2) is 8.78 Å². The Balaban J connectivity index is 2.07. The van der Waals surface area contributed by atoms with Gasteiger partial charge >= 0.3 is 0 Å². The molecule has 1 aromatic heterocycles. The number of ether oxygens (including phenoxy) is 3. The highest BCUT2D eigenvalue weighted by molar-refractivity contribution is 5.91. The Kier molecular flexibility index (Phi) is 3.58. The van der Waals surface area contributed by atoms with Gasteiger partial charge in [-0.2, -0.15) is 0 Å². The molecule has 0 spiro atoms. The first-order valence-electron chi connectivity index (χ1n) is 6.38. The number of hydrogen-bond acceptors (Lipinski definition) is 4. The first-order valence-corrected chi connectivity index (χ1v) is 6.38. The van der Waals surface area contributed by atoms with E-state index in [0.29, 0.717) is 22.5 Å². The van der Waals surface area contributed by atoms with Gasteiger partial charge in [0.25, 0.3) is 0 Å². The smallest absolute Gasteiger partial charge is 0.177 e. The van der Waals surface area contributed by atoms with Crippen molar-refractivity contribution in [2.45, 2.75) is 0 Å². The van der Waals surface area contributed by atoms with E-state index in [1.807, 2.05) is 0 Å². The first kappa shape index (κ1) is 14.2. The highest BCUT2D eigenvalue weighted by Gasteiger charge is 2.17. The second kappa shape index (κ2) is 5.55. The highest BCUT2D eigenvalue weighted by Crippen LogP contribution is 2.41. The van der Waals surface area contributed by atoms with Gasteiger partial charge in [-0.1, -0.05) is 0 Å². The van der Waals surface area contributed by atoms with Gasteiger partial charge in [-0.3, -0.25) is 0 Å². The summed E-state index contributed by atoms with van der Waals surface area (Å²) in [4.78, 5) is 0. The summed E-state index contributed by atoms with van der Waals surface area (Å²) in [7, 11) is 3.01. The lowest BCUT2D eigenvalue weighted by Gasteiger charge is -2.08. The Morgan fingerprint density at radius 3 is 2.41 bits per heavy atom. The molecule has 3 aromatic rings. The largest absolute Gasteiger partial charge is 0.496 e. The van der Waals surface area contributed by atoms with Gasteiger partial charge in [0.15, 0.2) is 17.3 Å². The Bertz CT molecular complexity index is 826. The van der Waals surface area contributed by atoms with E-state index in [1.165, 1.54) is 26.5 Å². The quantitative estimate of drug-likeness (QED) is 0.710. The fourth-order valence-corrected chi connectivity index (χ4v) is 2.11. The highest BCUT2D eigenvalue weighted by atomic mass is 19.1. The molecule has 3 rings (SSSR count). The third kappa shape index (κ3) is 2.43. The summed E-state index contributed by atoms with van der Waals surface area (Å²) in [6.45, 7) is 0. The first-order chi connectivity index (χ1) is 10.6. The summed E-state index contributed by atoms with van der Waals surface area (Å²) < 4.78 is 47.9. The van der Waals surface area contributed by atoms with Crippen molar-refractivity contribution in [3.8, 4) is 23.0 Å². The van der Waals surface area contributed by atoms with E-state index in [0.717, 1.165) is 12.1 Å². The van der Waals surface area contributed by atoms with Crippen LogP contribution < -0.4 is 14.2 Å². The van der Waals surface area contributed by atoms with Gasteiger partial charge in [-0.05, 0) is 12.1 Å². The van der Waals surface area contributed by atoms with Crippen molar-refractivity contribution in [3.63, 3.8) is 0 Å². The number of rotatable bonds is 4. The van der Waals surface area contributed by atoms with Crippen molar-refractivity contribution >= 4 is 11.0 Å². The average Bonchev–Trinajstić information content (AvgIpc) is 2.92. The van der Waals surface area contributed by atoms with Crippen molar-refractivity contribution < 1.29 is 27.4 Å². The molecule has 22 heavy (non-hydrogen) atoms. The molecule has 6 heteroatoms. The summed E-state index contributed by atoms with van der Waals surface area (Å²) in [6.07, 6.45) is 1.33. The predicted molar refractivity (Wildman–Crippen MR) is 75.8 cm³/mol. The third-order valence-corrected chi connectivity index (χ3v) is 3.15. The van der Waals surface area contributed by atoms with Gasteiger partial charge in [0, 0.05) is 18.2 Å². The summed E-state index contributed by atoms with van der Waals surface area (Å²) in [5.74, 6) is -0.313. The van der Waals surface area contributed by atoms with E-state index in [4.69, 9.17) is 18.6 Å². The molecule has 0 radical (unpaired) electrons. The topological polar surface area (TPSA) is 40.8 Å². The molecular formula is C16H12F2O4. The lowest BCUT2D eigenvalue weighted by atomic mass is 10.2. The number of furan rings is 1. The van der Waals surface area contributed by atoms with E-state index in [9.17, 15) is 8.78 Å². The normalized spacial score (nSPS) is 10.7. The zero-order valence-corrected chi connectivity index (χ0v) is 11.9. The second-order valence-corrected chi connectivity index (χ2v) is 4.48. The summed E-state index contributed by atoms with van der Waals surface area (Å²) >= 11 is 0. The molecule has 0 amide bonds. The zero-order chi connectivity index (χ0) is 15.7. The monoisotopic (exact) mass is 306 g/mol. The molecule has 0 aliphatic carbocycles. The minimum Gasteiger partial charge on any atom is -0.496 e. The molecule has 0 aliphatic heterocycles. The Morgan fingerprint density at radius 1 is 0.909 bits per heavy atom. The maximum atomic E-state index is 13.7. The molecule has 0 aliphatic rings. The predicted octanol–water partition coefficient (Wildman–Crippen LogP) is 4.52. The van der Waals surface area contributed by atoms with E-state index in [-0.39, 0.29) is 11.5 Å². The fraction of sp³-hybridized carbons (Fsp3) is 0.125. The van der Waals surface area contributed by atoms with Crippen LogP contribution in [0.5, 0.6) is 23.0 Å². The molecule has 114 valence electrons. The SMILES string of the molecule is COc1cc(OC)c2c(Oc3ccc(F)cc3F)coc2c1. The fourth-order valence-electron chi connectivity index (χ4n) is 2.11. The van der Waals surface area contributed by atoms with Crippen LogP contribution in [0.4, 0.5) is 8.78 Å². The Hall–Kier alpha value is -2.76. The van der Waals surface area contributed by atoms with Crippen molar-refractivity contribution in [1.82, 2.24) is 0 Å². The van der Waals surface area contributed by atoms with Gasteiger partial charge < -0.3 is 18.6 Å². The van der Waals surface area contributed by atoms with Crippen LogP contribution in [0.1, 0.15) is 0 Å². The summed E-state index contributed by atoms with van der Waals surface area (Å²) in [5, 5.41) is 0.534. The van der Waals surface area contributed by atoms with Crippen molar-refractivity contribution in [2.75, 3.05) is 14.2 Å². The van der Waals surface area contributed by atoms with E-state index in [2.05, 4.69) is 0 Å².